The molecule has 2 aromatic rings. The third-order valence-electron chi connectivity index (χ3n) is 3.02. The normalized spacial score (nSPS) is 11.4. The van der Waals surface area contributed by atoms with Crippen molar-refractivity contribution < 1.29 is 0 Å². The average molecular weight is 251 g/mol. The monoisotopic (exact) mass is 251 g/mol. The maximum Gasteiger partial charge on any atom is 0.0227 e. The first-order valence-electron chi connectivity index (χ1n) is 6.62. The summed E-state index contributed by atoms with van der Waals surface area (Å²) in [5, 5.41) is 0. The van der Waals surface area contributed by atoms with Crippen LogP contribution in [0.5, 0.6) is 0 Å². The molecule has 19 heavy (non-hydrogen) atoms. The number of hydrogen-bond acceptors (Lipinski definition) is 1. The minimum atomic E-state index is 0.988. The molecule has 0 atom stereocenters. The van der Waals surface area contributed by atoms with Crippen LogP contribution in [0.1, 0.15) is 22.3 Å². The van der Waals surface area contributed by atoms with E-state index in [4.69, 9.17) is 0 Å². The van der Waals surface area contributed by atoms with Crippen LogP contribution in [0.4, 0.5) is 0 Å². The van der Waals surface area contributed by atoms with E-state index in [2.05, 4.69) is 86.6 Å². The zero-order chi connectivity index (χ0) is 13.7. The molecule has 0 radical (unpaired) electrons. The Labute approximate surface area is 116 Å². The quantitative estimate of drug-likeness (QED) is 0.735. The van der Waals surface area contributed by atoms with Crippen molar-refractivity contribution >= 4 is 12.2 Å². The van der Waals surface area contributed by atoms with Crippen LogP contribution in [0, 0.1) is 6.92 Å². The lowest BCUT2D eigenvalue weighted by Crippen LogP contribution is -2.10. The van der Waals surface area contributed by atoms with Crippen molar-refractivity contribution in [2.75, 3.05) is 14.1 Å². The van der Waals surface area contributed by atoms with E-state index in [1.807, 2.05) is 0 Å². The van der Waals surface area contributed by atoms with E-state index in [1.54, 1.807) is 0 Å². The van der Waals surface area contributed by atoms with E-state index < -0.39 is 0 Å². The predicted molar refractivity (Wildman–Crippen MR) is 83.9 cm³/mol. The molecule has 2 aromatic carbocycles. The van der Waals surface area contributed by atoms with Crippen molar-refractivity contribution in [3.05, 3.63) is 70.8 Å². The molecule has 0 aliphatic rings. The molecule has 0 aliphatic carbocycles. The van der Waals surface area contributed by atoms with Crippen molar-refractivity contribution in [3.63, 3.8) is 0 Å². The van der Waals surface area contributed by atoms with E-state index in [0.29, 0.717) is 0 Å². The fourth-order valence-electron chi connectivity index (χ4n) is 1.97. The Morgan fingerprint density at radius 3 is 1.74 bits per heavy atom. The summed E-state index contributed by atoms with van der Waals surface area (Å²) in [6, 6.07) is 17.3. The first kappa shape index (κ1) is 13.6. The second kappa shape index (κ2) is 6.35. The van der Waals surface area contributed by atoms with Crippen molar-refractivity contribution in [1.29, 1.82) is 0 Å². The van der Waals surface area contributed by atoms with Gasteiger partial charge in [0, 0.05) is 6.54 Å². The minimum Gasteiger partial charge on any atom is -0.305 e. The van der Waals surface area contributed by atoms with Crippen LogP contribution in [-0.2, 0) is 6.54 Å². The summed E-state index contributed by atoms with van der Waals surface area (Å²) in [6.45, 7) is 3.10. The molecule has 0 spiro atoms. The Morgan fingerprint density at radius 2 is 1.26 bits per heavy atom. The van der Waals surface area contributed by atoms with Crippen LogP contribution < -0.4 is 0 Å². The van der Waals surface area contributed by atoms with Crippen molar-refractivity contribution in [1.82, 2.24) is 4.90 Å². The number of nitrogens with zero attached hydrogens (tertiary/aromatic N) is 1. The van der Waals surface area contributed by atoms with Gasteiger partial charge >= 0.3 is 0 Å². The summed E-state index contributed by atoms with van der Waals surface area (Å²) in [5.74, 6) is 0. The summed E-state index contributed by atoms with van der Waals surface area (Å²) >= 11 is 0. The van der Waals surface area contributed by atoms with Crippen molar-refractivity contribution in [2.24, 2.45) is 0 Å². The molecule has 1 heteroatoms. The molecular weight excluding hydrogens is 230 g/mol. The Balaban J connectivity index is 2.04. The van der Waals surface area contributed by atoms with E-state index in [9.17, 15) is 0 Å². The number of benzene rings is 2. The second-order valence-electron chi connectivity index (χ2n) is 5.22. The van der Waals surface area contributed by atoms with Gasteiger partial charge in [0.1, 0.15) is 0 Å². The minimum absolute atomic E-state index is 0.988. The third-order valence-corrected chi connectivity index (χ3v) is 3.02. The molecule has 0 heterocycles. The van der Waals surface area contributed by atoms with Crippen LogP contribution in [-0.4, -0.2) is 19.0 Å². The highest BCUT2D eigenvalue weighted by molar-refractivity contribution is 5.69. The summed E-state index contributed by atoms with van der Waals surface area (Å²) < 4.78 is 0. The fraction of sp³-hybridized carbons (Fsp3) is 0.222. The van der Waals surface area contributed by atoms with Crippen molar-refractivity contribution in [3.8, 4) is 0 Å². The van der Waals surface area contributed by atoms with Crippen LogP contribution in [0.25, 0.3) is 12.2 Å². The molecular formula is C18H21N. The molecule has 0 bridgehead atoms. The van der Waals surface area contributed by atoms with Gasteiger partial charge in [-0.2, -0.15) is 0 Å². The largest absolute Gasteiger partial charge is 0.305 e. The van der Waals surface area contributed by atoms with Gasteiger partial charge in [-0.25, -0.2) is 0 Å². The Morgan fingerprint density at radius 1 is 0.789 bits per heavy atom. The van der Waals surface area contributed by atoms with Gasteiger partial charge in [-0.3, -0.25) is 0 Å². The van der Waals surface area contributed by atoms with Crippen molar-refractivity contribution in [2.45, 2.75) is 13.5 Å². The zero-order valence-electron chi connectivity index (χ0n) is 11.9. The molecule has 0 aliphatic heterocycles. The highest BCUT2D eigenvalue weighted by Crippen LogP contribution is 2.11. The lowest BCUT2D eigenvalue weighted by molar-refractivity contribution is 0.402. The molecule has 98 valence electrons. The molecule has 0 unspecified atom stereocenters. The first-order chi connectivity index (χ1) is 9.13. The van der Waals surface area contributed by atoms with Crippen LogP contribution in [0.2, 0.25) is 0 Å². The van der Waals surface area contributed by atoms with Gasteiger partial charge in [0.05, 0.1) is 0 Å². The van der Waals surface area contributed by atoms with Crippen LogP contribution in [0.3, 0.4) is 0 Å². The molecule has 0 N–H and O–H groups in total. The average Bonchev–Trinajstić information content (AvgIpc) is 2.39. The van der Waals surface area contributed by atoms with E-state index in [-0.39, 0.29) is 0 Å². The van der Waals surface area contributed by atoms with Gasteiger partial charge in [-0.1, -0.05) is 66.2 Å². The number of hydrogen-bond donors (Lipinski definition) is 0. The van der Waals surface area contributed by atoms with Gasteiger partial charge in [0.15, 0.2) is 0 Å². The van der Waals surface area contributed by atoms with E-state index >= 15 is 0 Å². The van der Waals surface area contributed by atoms with E-state index in [0.717, 1.165) is 6.54 Å². The Bertz CT molecular complexity index is 533. The molecule has 0 saturated carbocycles. The van der Waals surface area contributed by atoms with Gasteiger partial charge in [0.25, 0.3) is 0 Å². The zero-order valence-corrected chi connectivity index (χ0v) is 11.9. The molecule has 0 amide bonds. The fourth-order valence-corrected chi connectivity index (χ4v) is 1.97. The Kier molecular flexibility index (Phi) is 4.53. The first-order valence-corrected chi connectivity index (χ1v) is 6.62. The summed E-state index contributed by atoms with van der Waals surface area (Å²) in [4.78, 5) is 2.18. The van der Waals surface area contributed by atoms with Gasteiger partial charge < -0.3 is 4.90 Å². The van der Waals surface area contributed by atoms with Crippen LogP contribution >= 0.6 is 0 Å². The summed E-state index contributed by atoms with van der Waals surface area (Å²) in [6.07, 6.45) is 4.31. The molecule has 0 fully saturated rings. The highest BCUT2D eigenvalue weighted by Gasteiger charge is 1.94. The molecule has 1 nitrogen and oxygen atoms in total. The third kappa shape index (κ3) is 4.38. The van der Waals surface area contributed by atoms with Gasteiger partial charge in [-0.05, 0) is 37.7 Å². The topological polar surface area (TPSA) is 3.24 Å². The van der Waals surface area contributed by atoms with Gasteiger partial charge in [0.2, 0.25) is 0 Å². The molecule has 0 saturated heterocycles. The predicted octanol–water partition coefficient (Wildman–Crippen LogP) is 4.23. The smallest absolute Gasteiger partial charge is 0.0227 e. The lowest BCUT2D eigenvalue weighted by Gasteiger charge is -2.09. The van der Waals surface area contributed by atoms with Gasteiger partial charge in [-0.15, -0.1) is 0 Å². The van der Waals surface area contributed by atoms with Crippen LogP contribution in [0.15, 0.2) is 48.5 Å². The lowest BCUT2D eigenvalue weighted by atomic mass is 10.1. The summed E-state index contributed by atoms with van der Waals surface area (Å²) in [5.41, 5.74) is 5.12. The standard InChI is InChI=1S/C18H21N/c1-15-4-6-16(7-5-15)8-9-17-10-12-18(13-11-17)14-19(2)3/h4-13H,14H2,1-3H3. The second-order valence-corrected chi connectivity index (χ2v) is 5.22. The highest BCUT2D eigenvalue weighted by atomic mass is 15.0. The molecule has 2 rings (SSSR count). The number of rotatable bonds is 4. The Hall–Kier alpha value is -1.86. The maximum absolute atomic E-state index is 2.19. The summed E-state index contributed by atoms with van der Waals surface area (Å²) in [7, 11) is 4.18. The molecule has 0 aromatic heterocycles. The number of aryl methyl sites for hydroxylation is 1. The SMILES string of the molecule is Cc1ccc(C=Cc2ccc(CN(C)C)cc2)cc1. The maximum atomic E-state index is 2.19. The van der Waals surface area contributed by atoms with E-state index in [1.165, 1.54) is 22.3 Å².